The lowest BCUT2D eigenvalue weighted by molar-refractivity contribution is -0.291. The van der Waals surface area contributed by atoms with Crippen molar-refractivity contribution in [2.24, 2.45) is 5.92 Å². The Bertz CT molecular complexity index is 1450. The van der Waals surface area contributed by atoms with Gasteiger partial charge in [0.25, 0.3) is 17.5 Å². The van der Waals surface area contributed by atoms with Crippen LogP contribution >= 0.6 is 0 Å². The van der Waals surface area contributed by atoms with Crippen LogP contribution < -0.4 is 15.9 Å². The maximum atomic E-state index is 14.5. The number of halogens is 7. The molecular weight excluding hydrogens is 527 g/mol. The number of nitrogens with zero attached hydrogens (tertiary/aromatic N) is 4. The van der Waals surface area contributed by atoms with Crippen molar-refractivity contribution < 1.29 is 35.5 Å². The third kappa shape index (κ3) is 4.82. The standard InChI is InChI=1S/C23H20F7N5O3/c1-4-15-14(18(36)34-12(3)33-15)9-35-10-32-17(22(26,27)23(28,29)30)16(19(35)37)38-21(20(24)25)7-5-6-13(8-31)11(21)2/h5-7,10-11,20H,4,9H2,1-3H3,(H,33,34,36). The van der Waals surface area contributed by atoms with Crippen molar-refractivity contribution in [2.75, 3.05) is 0 Å². The van der Waals surface area contributed by atoms with E-state index in [4.69, 9.17) is 4.74 Å². The van der Waals surface area contributed by atoms with E-state index in [1.54, 1.807) is 13.0 Å². The molecule has 0 bridgehead atoms. The SMILES string of the molecule is CCc1nc(C)[nH]c(=O)c1Cn1cnc(C(F)(F)C(F)(F)F)c(OC2(C(F)F)C=CC=C(C#N)C2C)c1=O. The molecule has 0 amide bonds. The lowest BCUT2D eigenvalue weighted by Gasteiger charge is -2.38. The molecule has 0 aliphatic heterocycles. The average Bonchev–Trinajstić information content (AvgIpc) is 2.82. The zero-order valence-corrected chi connectivity index (χ0v) is 20.0. The number of ether oxygens (including phenoxy) is 1. The fourth-order valence-corrected chi connectivity index (χ4v) is 3.90. The lowest BCUT2D eigenvalue weighted by atomic mass is 9.80. The molecule has 8 nitrogen and oxygen atoms in total. The van der Waals surface area contributed by atoms with Crippen LogP contribution in [-0.4, -0.2) is 37.7 Å². The molecule has 1 N–H and O–H groups in total. The Balaban J connectivity index is 2.28. The largest absolute Gasteiger partial charge is 0.469 e. The monoisotopic (exact) mass is 547 g/mol. The number of aromatic amines is 1. The van der Waals surface area contributed by atoms with Crippen LogP contribution in [0.1, 0.15) is 36.6 Å². The van der Waals surface area contributed by atoms with Gasteiger partial charge in [-0.1, -0.05) is 19.9 Å². The summed E-state index contributed by atoms with van der Waals surface area (Å²) in [6.45, 7) is 3.47. The van der Waals surface area contributed by atoms with E-state index in [1.165, 1.54) is 6.92 Å². The first-order valence-electron chi connectivity index (χ1n) is 11.0. The molecule has 1 aliphatic rings. The topological polar surface area (TPSA) is 114 Å². The van der Waals surface area contributed by atoms with Crippen LogP contribution in [0, 0.1) is 24.2 Å². The molecule has 2 aromatic rings. The van der Waals surface area contributed by atoms with Crippen molar-refractivity contribution in [2.45, 2.75) is 57.9 Å². The van der Waals surface area contributed by atoms with Gasteiger partial charge in [-0.15, -0.1) is 0 Å². The van der Waals surface area contributed by atoms with Crippen LogP contribution in [0.5, 0.6) is 5.75 Å². The van der Waals surface area contributed by atoms with E-state index in [1.807, 2.05) is 0 Å². The minimum Gasteiger partial charge on any atom is -0.469 e. The van der Waals surface area contributed by atoms with E-state index in [9.17, 15) is 45.6 Å². The number of hydrogen-bond donors (Lipinski definition) is 1. The second-order valence-electron chi connectivity index (χ2n) is 8.43. The highest BCUT2D eigenvalue weighted by atomic mass is 19.4. The van der Waals surface area contributed by atoms with Crippen molar-refractivity contribution in [3.05, 3.63) is 73.6 Å². The first kappa shape index (κ1) is 28.6. The maximum Gasteiger partial charge on any atom is 0.459 e. The molecule has 0 fully saturated rings. The Labute approximate surface area is 210 Å². The van der Waals surface area contributed by atoms with Crippen molar-refractivity contribution in [1.82, 2.24) is 19.5 Å². The van der Waals surface area contributed by atoms with Crippen LogP contribution in [0.4, 0.5) is 30.7 Å². The molecule has 2 unspecified atom stereocenters. The van der Waals surface area contributed by atoms with E-state index in [2.05, 4.69) is 15.0 Å². The molecule has 1 aliphatic carbocycles. The molecule has 204 valence electrons. The summed E-state index contributed by atoms with van der Waals surface area (Å²) in [5.74, 6) is -8.92. The fraction of sp³-hybridized carbons (Fsp3) is 0.435. The van der Waals surface area contributed by atoms with Crippen LogP contribution in [0.15, 0.2) is 39.7 Å². The van der Waals surface area contributed by atoms with E-state index < -0.39 is 59.1 Å². The molecule has 0 radical (unpaired) electrons. The van der Waals surface area contributed by atoms with Gasteiger partial charge >= 0.3 is 12.1 Å². The summed E-state index contributed by atoms with van der Waals surface area (Å²) < 4.78 is 103. The van der Waals surface area contributed by atoms with E-state index in [-0.39, 0.29) is 29.1 Å². The number of allylic oxidation sites excluding steroid dienone is 2. The second-order valence-corrected chi connectivity index (χ2v) is 8.43. The van der Waals surface area contributed by atoms with Gasteiger partial charge in [0, 0.05) is 11.5 Å². The summed E-state index contributed by atoms with van der Waals surface area (Å²) in [6, 6.07) is 1.62. The van der Waals surface area contributed by atoms with Crippen molar-refractivity contribution >= 4 is 0 Å². The smallest absolute Gasteiger partial charge is 0.459 e. The van der Waals surface area contributed by atoms with Gasteiger partial charge in [0.2, 0.25) is 5.75 Å². The van der Waals surface area contributed by atoms with Gasteiger partial charge in [-0.2, -0.15) is 27.2 Å². The molecule has 15 heteroatoms. The third-order valence-electron chi connectivity index (χ3n) is 6.06. The third-order valence-corrected chi connectivity index (χ3v) is 6.06. The van der Waals surface area contributed by atoms with Crippen LogP contribution in [0.2, 0.25) is 0 Å². The van der Waals surface area contributed by atoms with Gasteiger partial charge in [0.15, 0.2) is 11.3 Å². The molecular formula is C23H20F7N5O3. The molecule has 0 saturated heterocycles. The number of rotatable bonds is 7. The number of aryl methyl sites for hydroxylation is 2. The average molecular weight is 547 g/mol. The molecule has 2 heterocycles. The Morgan fingerprint density at radius 3 is 2.47 bits per heavy atom. The number of aromatic nitrogens is 4. The Kier molecular flexibility index (Phi) is 7.58. The molecule has 2 aromatic heterocycles. The Morgan fingerprint density at radius 1 is 1.26 bits per heavy atom. The van der Waals surface area contributed by atoms with Crippen molar-refractivity contribution in [3.63, 3.8) is 0 Å². The van der Waals surface area contributed by atoms with E-state index in [0.717, 1.165) is 19.1 Å². The maximum absolute atomic E-state index is 14.5. The van der Waals surface area contributed by atoms with Gasteiger partial charge in [-0.25, -0.2) is 18.7 Å². The number of alkyl halides is 7. The van der Waals surface area contributed by atoms with E-state index in [0.29, 0.717) is 17.0 Å². The van der Waals surface area contributed by atoms with Gasteiger partial charge in [-0.3, -0.25) is 14.2 Å². The summed E-state index contributed by atoms with van der Waals surface area (Å²) in [7, 11) is 0. The minimum absolute atomic E-state index is 0.132. The predicted octanol–water partition coefficient (Wildman–Crippen LogP) is 3.94. The molecule has 0 saturated carbocycles. The fourth-order valence-electron chi connectivity index (χ4n) is 3.90. The first-order chi connectivity index (χ1) is 17.6. The predicted molar refractivity (Wildman–Crippen MR) is 118 cm³/mol. The first-order valence-corrected chi connectivity index (χ1v) is 11.0. The molecule has 0 spiro atoms. The molecule has 2 atom stereocenters. The lowest BCUT2D eigenvalue weighted by Crippen LogP contribution is -2.51. The molecule has 0 aromatic carbocycles. The molecule has 3 rings (SSSR count). The summed E-state index contributed by atoms with van der Waals surface area (Å²) >= 11 is 0. The molecule has 38 heavy (non-hydrogen) atoms. The summed E-state index contributed by atoms with van der Waals surface area (Å²) in [4.78, 5) is 35.3. The van der Waals surface area contributed by atoms with Crippen LogP contribution in [0.3, 0.4) is 0 Å². The van der Waals surface area contributed by atoms with Crippen molar-refractivity contribution in [1.29, 1.82) is 5.26 Å². The number of hydrogen-bond acceptors (Lipinski definition) is 6. The van der Waals surface area contributed by atoms with E-state index >= 15 is 0 Å². The highest BCUT2D eigenvalue weighted by Gasteiger charge is 2.62. The summed E-state index contributed by atoms with van der Waals surface area (Å²) in [6.07, 6.45) is -6.60. The highest BCUT2D eigenvalue weighted by molar-refractivity contribution is 5.40. The van der Waals surface area contributed by atoms with Crippen LogP contribution in [0.25, 0.3) is 0 Å². The minimum atomic E-state index is -6.27. The normalized spacial score (nSPS) is 19.8. The highest BCUT2D eigenvalue weighted by Crippen LogP contribution is 2.47. The zero-order chi connectivity index (χ0) is 28.6. The summed E-state index contributed by atoms with van der Waals surface area (Å²) in [5.41, 5.74) is -7.85. The van der Waals surface area contributed by atoms with Gasteiger partial charge in [-0.05, 0) is 25.5 Å². The number of H-pyrrole nitrogens is 1. The number of nitrogens with one attached hydrogen (secondary N) is 1. The second kappa shape index (κ2) is 10.1. The van der Waals surface area contributed by atoms with Gasteiger partial charge < -0.3 is 9.72 Å². The van der Waals surface area contributed by atoms with Crippen LogP contribution in [-0.2, 0) is 18.9 Å². The Hall–Kier alpha value is -3.96. The zero-order valence-electron chi connectivity index (χ0n) is 20.0. The van der Waals surface area contributed by atoms with Crippen molar-refractivity contribution in [3.8, 4) is 11.8 Å². The Morgan fingerprint density at radius 2 is 1.92 bits per heavy atom. The van der Waals surface area contributed by atoms with Gasteiger partial charge in [0.1, 0.15) is 5.82 Å². The quantitative estimate of drug-likeness (QED) is 0.526. The van der Waals surface area contributed by atoms with Gasteiger partial charge in [0.05, 0.1) is 30.2 Å². The number of nitriles is 1. The summed E-state index contributed by atoms with van der Waals surface area (Å²) in [5, 5.41) is 9.25.